The van der Waals surface area contributed by atoms with E-state index in [9.17, 15) is 8.78 Å². The van der Waals surface area contributed by atoms with Crippen LogP contribution in [0, 0.1) is 24.0 Å². The van der Waals surface area contributed by atoms with Crippen LogP contribution in [0.5, 0.6) is 0 Å². The Morgan fingerprint density at radius 1 is 1.47 bits per heavy atom. The standard InChI is InChI=1S/C11H10BrF2N/c1-3-8(4-2)15-11-9(13)5-7(12)6-10(11)14/h1,5-6,8,15H,4H2,2H3. The third-order valence-corrected chi connectivity index (χ3v) is 2.39. The van der Waals surface area contributed by atoms with Gasteiger partial charge in [-0.05, 0) is 18.6 Å². The van der Waals surface area contributed by atoms with Crippen LogP contribution in [0.15, 0.2) is 16.6 Å². The predicted molar refractivity (Wildman–Crippen MR) is 60.6 cm³/mol. The number of anilines is 1. The maximum absolute atomic E-state index is 13.3. The number of nitrogens with one attached hydrogen (secondary N) is 1. The van der Waals surface area contributed by atoms with Crippen LogP contribution in [0.4, 0.5) is 14.5 Å². The number of benzene rings is 1. The van der Waals surface area contributed by atoms with Crippen molar-refractivity contribution in [3.63, 3.8) is 0 Å². The van der Waals surface area contributed by atoms with Gasteiger partial charge in [0.05, 0.1) is 6.04 Å². The highest BCUT2D eigenvalue weighted by Gasteiger charge is 2.12. The molecule has 1 aromatic rings. The van der Waals surface area contributed by atoms with Gasteiger partial charge in [-0.15, -0.1) is 6.42 Å². The molecule has 1 N–H and O–H groups in total. The van der Waals surface area contributed by atoms with Crippen LogP contribution < -0.4 is 5.32 Å². The molecule has 0 bridgehead atoms. The maximum Gasteiger partial charge on any atom is 0.150 e. The van der Waals surface area contributed by atoms with E-state index in [1.807, 2.05) is 6.92 Å². The molecule has 0 saturated heterocycles. The first-order valence-corrected chi connectivity index (χ1v) is 5.25. The molecule has 80 valence electrons. The molecule has 4 heteroatoms. The zero-order valence-electron chi connectivity index (χ0n) is 8.15. The Morgan fingerprint density at radius 3 is 2.40 bits per heavy atom. The summed E-state index contributed by atoms with van der Waals surface area (Å²) in [5.74, 6) is 1.10. The normalized spacial score (nSPS) is 11.9. The molecule has 0 fully saturated rings. The first-order chi connectivity index (χ1) is 7.08. The third kappa shape index (κ3) is 2.93. The molecule has 0 saturated carbocycles. The fourth-order valence-electron chi connectivity index (χ4n) is 1.12. The Kier molecular flexibility index (Phi) is 4.10. The molecular formula is C11H10BrF2N. The predicted octanol–water partition coefficient (Wildman–Crippen LogP) is 3.55. The Morgan fingerprint density at radius 2 is 2.00 bits per heavy atom. The largest absolute Gasteiger partial charge is 0.367 e. The summed E-state index contributed by atoms with van der Waals surface area (Å²) in [4.78, 5) is 0. The van der Waals surface area contributed by atoms with Gasteiger partial charge in [-0.1, -0.05) is 28.8 Å². The van der Waals surface area contributed by atoms with E-state index in [0.29, 0.717) is 10.9 Å². The van der Waals surface area contributed by atoms with E-state index in [1.54, 1.807) is 0 Å². The zero-order valence-corrected chi connectivity index (χ0v) is 9.74. The van der Waals surface area contributed by atoms with E-state index < -0.39 is 11.6 Å². The Balaban J connectivity index is 3.00. The summed E-state index contributed by atoms with van der Waals surface area (Å²) < 4.78 is 27.0. The molecule has 15 heavy (non-hydrogen) atoms. The van der Waals surface area contributed by atoms with Crippen molar-refractivity contribution in [2.75, 3.05) is 5.32 Å². The molecule has 1 aromatic carbocycles. The lowest BCUT2D eigenvalue weighted by Gasteiger charge is -2.13. The van der Waals surface area contributed by atoms with Gasteiger partial charge < -0.3 is 5.32 Å². The second kappa shape index (κ2) is 5.13. The molecule has 1 unspecified atom stereocenters. The molecule has 0 amide bonds. The molecule has 0 radical (unpaired) electrons. The van der Waals surface area contributed by atoms with Crippen molar-refractivity contribution in [3.05, 3.63) is 28.2 Å². The van der Waals surface area contributed by atoms with Crippen molar-refractivity contribution in [2.45, 2.75) is 19.4 Å². The zero-order chi connectivity index (χ0) is 11.4. The summed E-state index contributed by atoms with van der Waals surface area (Å²) in [6.45, 7) is 1.84. The van der Waals surface area contributed by atoms with Crippen LogP contribution in [-0.4, -0.2) is 6.04 Å². The van der Waals surface area contributed by atoms with Crippen molar-refractivity contribution >= 4 is 21.6 Å². The fourth-order valence-corrected chi connectivity index (χ4v) is 1.52. The second-order valence-electron chi connectivity index (χ2n) is 3.02. The van der Waals surface area contributed by atoms with Crippen molar-refractivity contribution in [1.29, 1.82) is 0 Å². The van der Waals surface area contributed by atoms with Gasteiger partial charge in [0.1, 0.15) is 17.3 Å². The van der Waals surface area contributed by atoms with Crippen LogP contribution >= 0.6 is 15.9 Å². The SMILES string of the molecule is C#CC(CC)Nc1c(F)cc(Br)cc1F. The van der Waals surface area contributed by atoms with Crippen molar-refractivity contribution in [2.24, 2.45) is 0 Å². The van der Waals surface area contributed by atoms with E-state index in [2.05, 4.69) is 27.2 Å². The summed E-state index contributed by atoms with van der Waals surface area (Å²) in [7, 11) is 0. The molecular weight excluding hydrogens is 264 g/mol. The average Bonchev–Trinajstić information content (AvgIpc) is 2.17. The second-order valence-corrected chi connectivity index (χ2v) is 3.93. The number of rotatable bonds is 3. The van der Waals surface area contributed by atoms with E-state index in [4.69, 9.17) is 6.42 Å². The van der Waals surface area contributed by atoms with Crippen molar-refractivity contribution < 1.29 is 8.78 Å². The monoisotopic (exact) mass is 273 g/mol. The van der Waals surface area contributed by atoms with Gasteiger partial charge in [0.2, 0.25) is 0 Å². The molecule has 0 spiro atoms. The Labute approximate surface area is 96.0 Å². The molecule has 0 aliphatic heterocycles. The highest BCUT2D eigenvalue weighted by Crippen LogP contribution is 2.24. The molecule has 1 rings (SSSR count). The lowest BCUT2D eigenvalue weighted by atomic mass is 10.2. The molecule has 0 aliphatic carbocycles. The number of hydrogen-bond acceptors (Lipinski definition) is 1. The van der Waals surface area contributed by atoms with Gasteiger partial charge in [0.25, 0.3) is 0 Å². The molecule has 0 heterocycles. The van der Waals surface area contributed by atoms with Crippen LogP contribution in [0.2, 0.25) is 0 Å². The highest BCUT2D eigenvalue weighted by molar-refractivity contribution is 9.10. The summed E-state index contributed by atoms with van der Waals surface area (Å²) >= 11 is 3.00. The lowest BCUT2D eigenvalue weighted by Crippen LogP contribution is -2.17. The number of hydrogen-bond donors (Lipinski definition) is 1. The molecule has 0 aliphatic rings. The number of halogens is 3. The molecule has 0 aromatic heterocycles. The highest BCUT2D eigenvalue weighted by atomic mass is 79.9. The quantitative estimate of drug-likeness (QED) is 0.831. The van der Waals surface area contributed by atoms with Gasteiger partial charge >= 0.3 is 0 Å². The summed E-state index contributed by atoms with van der Waals surface area (Å²) in [6.07, 6.45) is 5.80. The third-order valence-electron chi connectivity index (χ3n) is 1.93. The summed E-state index contributed by atoms with van der Waals surface area (Å²) in [5, 5.41) is 2.64. The molecule has 1 nitrogen and oxygen atoms in total. The minimum Gasteiger partial charge on any atom is -0.367 e. The number of terminal acetylenes is 1. The lowest BCUT2D eigenvalue weighted by molar-refractivity contribution is 0.584. The Bertz CT molecular complexity index is 375. The maximum atomic E-state index is 13.3. The van der Waals surface area contributed by atoms with Crippen LogP contribution in [0.25, 0.3) is 0 Å². The average molecular weight is 274 g/mol. The minimum absolute atomic E-state index is 0.178. The minimum atomic E-state index is -0.657. The summed E-state index contributed by atoms with van der Waals surface area (Å²) in [5.41, 5.74) is -0.178. The van der Waals surface area contributed by atoms with Crippen molar-refractivity contribution in [3.8, 4) is 12.3 Å². The van der Waals surface area contributed by atoms with E-state index in [1.165, 1.54) is 12.1 Å². The smallest absolute Gasteiger partial charge is 0.150 e. The van der Waals surface area contributed by atoms with E-state index in [0.717, 1.165) is 0 Å². The van der Waals surface area contributed by atoms with Crippen LogP contribution in [-0.2, 0) is 0 Å². The van der Waals surface area contributed by atoms with Gasteiger partial charge in [-0.2, -0.15) is 0 Å². The van der Waals surface area contributed by atoms with Crippen molar-refractivity contribution in [1.82, 2.24) is 0 Å². The van der Waals surface area contributed by atoms with Gasteiger partial charge in [-0.3, -0.25) is 0 Å². The first kappa shape index (κ1) is 12.0. The van der Waals surface area contributed by atoms with Crippen LogP contribution in [0.1, 0.15) is 13.3 Å². The van der Waals surface area contributed by atoms with Gasteiger partial charge in [0.15, 0.2) is 0 Å². The first-order valence-electron chi connectivity index (χ1n) is 4.45. The fraction of sp³-hybridized carbons (Fsp3) is 0.273. The van der Waals surface area contributed by atoms with Gasteiger partial charge in [0, 0.05) is 4.47 Å². The molecule has 1 atom stereocenters. The van der Waals surface area contributed by atoms with Gasteiger partial charge in [-0.25, -0.2) is 8.78 Å². The van der Waals surface area contributed by atoms with Crippen LogP contribution in [0.3, 0.4) is 0 Å². The topological polar surface area (TPSA) is 12.0 Å². The Hall–Kier alpha value is -1.08. The summed E-state index contributed by atoms with van der Waals surface area (Å²) in [6, 6.07) is 2.01. The van der Waals surface area contributed by atoms with E-state index >= 15 is 0 Å². The van der Waals surface area contributed by atoms with E-state index in [-0.39, 0.29) is 11.7 Å².